The van der Waals surface area contributed by atoms with Gasteiger partial charge in [0.1, 0.15) is 5.75 Å². The Bertz CT molecular complexity index is 787. The fourth-order valence-corrected chi connectivity index (χ4v) is 5.39. The number of ether oxygens (including phenoxy) is 2. The number of rotatable bonds is 8. The molecule has 5 heteroatoms. The largest absolute Gasteiger partial charge is 0.482 e. The van der Waals surface area contributed by atoms with E-state index in [0.717, 1.165) is 43.7 Å². The summed E-state index contributed by atoms with van der Waals surface area (Å²) in [5.74, 6) is 2.16. The monoisotopic (exact) mass is 410 g/mol. The third-order valence-corrected chi connectivity index (χ3v) is 7.13. The Morgan fingerprint density at radius 1 is 1.13 bits per heavy atom. The van der Waals surface area contributed by atoms with Gasteiger partial charge in [-0.05, 0) is 62.5 Å². The second-order valence-electron chi connectivity index (χ2n) is 9.70. The van der Waals surface area contributed by atoms with E-state index in [1.807, 2.05) is 29.2 Å². The Labute approximate surface area is 180 Å². The van der Waals surface area contributed by atoms with Gasteiger partial charge >= 0.3 is 0 Å². The Hall–Kier alpha value is -1.85. The lowest BCUT2D eigenvalue weighted by atomic mass is 9.95. The molecule has 1 amide bonds. The van der Waals surface area contributed by atoms with E-state index in [1.165, 1.54) is 38.5 Å². The van der Waals surface area contributed by atoms with Gasteiger partial charge in [0.25, 0.3) is 5.91 Å². The average molecular weight is 411 g/mol. The SMILES string of the molecule is CC(CN1C(=O)COc2ccccc21)CN1[C@@H]2CC[C@H]1CC(=CCOCC1CC1)C2. The molecule has 2 bridgehead atoms. The number of anilines is 1. The Morgan fingerprint density at radius 2 is 1.90 bits per heavy atom. The minimum atomic E-state index is 0.0681. The van der Waals surface area contributed by atoms with Gasteiger partial charge in [-0.15, -0.1) is 0 Å². The van der Waals surface area contributed by atoms with Gasteiger partial charge in [-0.2, -0.15) is 0 Å². The van der Waals surface area contributed by atoms with Gasteiger partial charge in [-0.1, -0.05) is 30.7 Å². The van der Waals surface area contributed by atoms with Crippen LogP contribution in [0, 0.1) is 11.8 Å². The first-order chi connectivity index (χ1) is 14.7. The van der Waals surface area contributed by atoms with E-state index in [1.54, 1.807) is 5.57 Å². The molecular weight excluding hydrogens is 376 g/mol. The molecule has 3 heterocycles. The molecule has 0 aromatic heterocycles. The molecule has 5 nitrogen and oxygen atoms in total. The zero-order valence-electron chi connectivity index (χ0n) is 18.1. The molecule has 1 aromatic rings. The summed E-state index contributed by atoms with van der Waals surface area (Å²) in [5, 5.41) is 0. The maximum atomic E-state index is 12.5. The standard InChI is InChI=1S/C25H34N2O3/c1-18(15-27-23-4-2-3-5-24(23)30-17-25(27)28)14-26-21-8-9-22(26)13-20(12-21)10-11-29-16-19-6-7-19/h2-5,10,18-19,21-22H,6-9,11-17H2,1H3/t18?,21-,22+. The molecule has 3 aliphatic heterocycles. The summed E-state index contributed by atoms with van der Waals surface area (Å²) < 4.78 is 11.4. The van der Waals surface area contributed by atoms with Crippen LogP contribution in [0.25, 0.3) is 0 Å². The number of piperidine rings is 1. The van der Waals surface area contributed by atoms with Crippen LogP contribution in [0.15, 0.2) is 35.9 Å². The molecule has 2 saturated heterocycles. The Morgan fingerprint density at radius 3 is 2.67 bits per heavy atom. The van der Waals surface area contributed by atoms with E-state index in [-0.39, 0.29) is 12.5 Å². The lowest BCUT2D eigenvalue weighted by Crippen LogP contribution is -2.47. The molecule has 1 unspecified atom stereocenters. The first-order valence-corrected chi connectivity index (χ1v) is 11.7. The van der Waals surface area contributed by atoms with Gasteiger partial charge in [0, 0.05) is 31.8 Å². The van der Waals surface area contributed by atoms with Gasteiger partial charge in [0.05, 0.1) is 12.3 Å². The predicted octanol–water partition coefficient (Wildman–Crippen LogP) is 4.03. The van der Waals surface area contributed by atoms with Crippen LogP contribution in [-0.2, 0) is 9.53 Å². The molecule has 4 aliphatic rings. The number of carbonyl (C=O) groups is 1. The molecule has 30 heavy (non-hydrogen) atoms. The van der Waals surface area contributed by atoms with Crippen LogP contribution in [0.1, 0.15) is 45.4 Å². The maximum Gasteiger partial charge on any atom is 0.265 e. The van der Waals surface area contributed by atoms with Crippen molar-refractivity contribution in [2.24, 2.45) is 11.8 Å². The van der Waals surface area contributed by atoms with Crippen LogP contribution < -0.4 is 9.64 Å². The summed E-state index contributed by atoms with van der Waals surface area (Å²) in [6, 6.07) is 9.20. The third-order valence-electron chi connectivity index (χ3n) is 7.13. The van der Waals surface area contributed by atoms with Crippen molar-refractivity contribution in [2.45, 2.75) is 57.5 Å². The lowest BCUT2D eigenvalue weighted by molar-refractivity contribution is -0.121. The highest BCUT2D eigenvalue weighted by molar-refractivity contribution is 5.97. The van der Waals surface area contributed by atoms with Gasteiger partial charge in [0.2, 0.25) is 0 Å². The summed E-state index contributed by atoms with van der Waals surface area (Å²) in [7, 11) is 0. The number of amides is 1. The van der Waals surface area contributed by atoms with Crippen LogP contribution in [0.3, 0.4) is 0 Å². The van der Waals surface area contributed by atoms with Crippen molar-refractivity contribution in [3.8, 4) is 5.75 Å². The first-order valence-electron chi connectivity index (χ1n) is 11.7. The third kappa shape index (κ3) is 4.42. The summed E-state index contributed by atoms with van der Waals surface area (Å²) >= 11 is 0. The number of fused-ring (bicyclic) bond motifs is 3. The molecule has 1 aliphatic carbocycles. The molecule has 5 rings (SSSR count). The van der Waals surface area contributed by atoms with Crippen molar-refractivity contribution in [1.29, 1.82) is 0 Å². The second-order valence-corrected chi connectivity index (χ2v) is 9.70. The molecule has 0 N–H and O–H groups in total. The van der Waals surface area contributed by atoms with Crippen molar-refractivity contribution in [2.75, 3.05) is 37.8 Å². The van der Waals surface area contributed by atoms with Crippen LogP contribution in [-0.4, -0.2) is 55.8 Å². The van der Waals surface area contributed by atoms with E-state index in [4.69, 9.17) is 9.47 Å². The highest BCUT2D eigenvalue weighted by Crippen LogP contribution is 2.39. The highest BCUT2D eigenvalue weighted by Gasteiger charge is 2.39. The molecular formula is C25H34N2O3. The molecule has 1 saturated carbocycles. The second kappa shape index (κ2) is 8.72. The van der Waals surface area contributed by atoms with Crippen molar-refractivity contribution >= 4 is 11.6 Å². The smallest absolute Gasteiger partial charge is 0.265 e. The van der Waals surface area contributed by atoms with E-state index in [2.05, 4.69) is 17.9 Å². The molecule has 3 fully saturated rings. The van der Waals surface area contributed by atoms with Gasteiger partial charge in [0.15, 0.2) is 6.61 Å². The molecule has 0 spiro atoms. The van der Waals surface area contributed by atoms with Crippen LogP contribution in [0.5, 0.6) is 5.75 Å². The van der Waals surface area contributed by atoms with Crippen molar-refractivity contribution < 1.29 is 14.3 Å². The Kier molecular flexibility index (Phi) is 5.83. The first kappa shape index (κ1) is 20.1. The number of benzene rings is 1. The normalized spacial score (nSPS) is 28.5. The number of para-hydroxylation sites is 2. The predicted molar refractivity (Wildman–Crippen MR) is 118 cm³/mol. The number of nitrogens with zero attached hydrogens (tertiary/aromatic N) is 2. The lowest BCUT2D eigenvalue weighted by Gasteiger charge is -2.39. The molecule has 3 atom stereocenters. The number of hydrogen-bond donors (Lipinski definition) is 0. The fraction of sp³-hybridized carbons (Fsp3) is 0.640. The summed E-state index contributed by atoms with van der Waals surface area (Å²) in [4.78, 5) is 17.2. The Balaban J connectivity index is 1.16. The molecule has 0 radical (unpaired) electrons. The van der Waals surface area contributed by atoms with E-state index in [9.17, 15) is 4.79 Å². The maximum absolute atomic E-state index is 12.5. The fourth-order valence-electron chi connectivity index (χ4n) is 5.39. The molecule has 162 valence electrons. The summed E-state index contributed by atoms with van der Waals surface area (Å²) in [6.07, 6.45) is 10.1. The zero-order chi connectivity index (χ0) is 20.5. The van der Waals surface area contributed by atoms with Crippen molar-refractivity contribution in [3.63, 3.8) is 0 Å². The highest BCUT2D eigenvalue weighted by atomic mass is 16.5. The minimum Gasteiger partial charge on any atom is -0.482 e. The van der Waals surface area contributed by atoms with Gasteiger partial charge in [-0.3, -0.25) is 9.69 Å². The number of hydrogen-bond acceptors (Lipinski definition) is 4. The van der Waals surface area contributed by atoms with E-state index < -0.39 is 0 Å². The quantitative estimate of drug-likeness (QED) is 0.479. The van der Waals surface area contributed by atoms with Crippen molar-refractivity contribution in [3.05, 3.63) is 35.9 Å². The van der Waals surface area contributed by atoms with Crippen LogP contribution in [0.4, 0.5) is 5.69 Å². The van der Waals surface area contributed by atoms with Gasteiger partial charge in [-0.25, -0.2) is 0 Å². The minimum absolute atomic E-state index is 0.0681. The van der Waals surface area contributed by atoms with Gasteiger partial charge < -0.3 is 14.4 Å². The molecule has 1 aromatic carbocycles. The zero-order valence-corrected chi connectivity index (χ0v) is 18.1. The average Bonchev–Trinajstić information content (AvgIpc) is 3.54. The van der Waals surface area contributed by atoms with Crippen LogP contribution in [0.2, 0.25) is 0 Å². The van der Waals surface area contributed by atoms with E-state index >= 15 is 0 Å². The van der Waals surface area contributed by atoms with E-state index in [0.29, 0.717) is 18.0 Å². The number of carbonyl (C=O) groups excluding carboxylic acids is 1. The summed E-state index contributed by atoms with van der Waals surface area (Å²) in [5.41, 5.74) is 2.51. The summed E-state index contributed by atoms with van der Waals surface area (Å²) in [6.45, 7) is 5.99. The van der Waals surface area contributed by atoms with Crippen LogP contribution >= 0.6 is 0 Å². The van der Waals surface area contributed by atoms with Crippen molar-refractivity contribution in [1.82, 2.24) is 4.90 Å². The topological polar surface area (TPSA) is 42.0 Å².